The molecule has 1 atom stereocenters. The van der Waals surface area contributed by atoms with Crippen molar-refractivity contribution in [3.8, 4) is 0 Å². The first-order valence-corrected chi connectivity index (χ1v) is 11.5. The Labute approximate surface area is 193 Å². The maximum Gasteiger partial charge on any atom is 0.417 e. The maximum atomic E-state index is 13.7. The molecule has 9 heteroatoms. The Balaban J connectivity index is 1.33. The molecule has 6 rings (SSSR count). The van der Waals surface area contributed by atoms with Crippen molar-refractivity contribution in [1.29, 1.82) is 0 Å². The summed E-state index contributed by atoms with van der Waals surface area (Å²) in [7, 11) is 0. The molecule has 2 aliphatic rings. The average Bonchev–Trinajstić information content (AvgIpc) is 3.61. The van der Waals surface area contributed by atoms with Crippen LogP contribution in [0.15, 0.2) is 48.7 Å². The zero-order valence-electron chi connectivity index (χ0n) is 18.3. The van der Waals surface area contributed by atoms with Gasteiger partial charge >= 0.3 is 6.18 Å². The first-order chi connectivity index (χ1) is 16.4. The Morgan fingerprint density at radius 2 is 1.82 bits per heavy atom. The zero-order valence-corrected chi connectivity index (χ0v) is 18.3. The van der Waals surface area contributed by atoms with Crippen LogP contribution in [0.2, 0.25) is 0 Å². The molecule has 1 aromatic carbocycles. The van der Waals surface area contributed by atoms with E-state index in [9.17, 15) is 18.0 Å². The molecule has 1 saturated carbocycles. The standard InChI is InChI=1S/C25H22F3N5O/c26-25(27,28)17-9-10-22-30-31-23(33(22)14-17)16-4-3-11-32(13-16)24(34)19-12-21(15-7-8-15)29-20-6-2-1-5-18(19)20/h1-2,5-6,9-10,12,14-16H,3-4,7-8,11,13H2. The normalized spacial score (nSPS) is 19.1. The van der Waals surface area contributed by atoms with Crippen molar-refractivity contribution in [3.05, 3.63) is 71.3 Å². The lowest BCUT2D eigenvalue weighted by atomic mass is 9.95. The highest BCUT2D eigenvalue weighted by molar-refractivity contribution is 6.06. The van der Waals surface area contributed by atoms with Crippen LogP contribution in [-0.2, 0) is 6.18 Å². The molecule has 2 fully saturated rings. The first-order valence-electron chi connectivity index (χ1n) is 11.5. The lowest BCUT2D eigenvalue weighted by molar-refractivity contribution is -0.137. The number of piperidine rings is 1. The van der Waals surface area contributed by atoms with Crippen LogP contribution < -0.4 is 0 Å². The number of pyridine rings is 2. The van der Waals surface area contributed by atoms with Gasteiger partial charge in [-0.3, -0.25) is 14.2 Å². The summed E-state index contributed by atoms with van der Waals surface area (Å²) in [4.78, 5) is 20.2. The minimum Gasteiger partial charge on any atom is -0.338 e. The Morgan fingerprint density at radius 1 is 1.00 bits per heavy atom. The van der Waals surface area contributed by atoms with Gasteiger partial charge < -0.3 is 4.90 Å². The lowest BCUT2D eigenvalue weighted by Crippen LogP contribution is -2.39. The van der Waals surface area contributed by atoms with Gasteiger partial charge in [0, 0.05) is 42.2 Å². The van der Waals surface area contributed by atoms with E-state index in [1.807, 2.05) is 30.3 Å². The van der Waals surface area contributed by atoms with Crippen molar-refractivity contribution >= 4 is 22.5 Å². The lowest BCUT2D eigenvalue weighted by Gasteiger charge is -2.32. The van der Waals surface area contributed by atoms with Gasteiger partial charge in [-0.15, -0.1) is 10.2 Å². The Morgan fingerprint density at radius 3 is 2.62 bits per heavy atom. The summed E-state index contributed by atoms with van der Waals surface area (Å²) >= 11 is 0. The van der Waals surface area contributed by atoms with E-state index < -0.39 is 11.7 Å². The number of carbonyl (C=O) groups excluding carboxylic acids is 1. The number of benzene rings is 1. The number of aromatic nitrogens is 4. The monoisotopic (exact) mass is 465 g/mol. The molecule has 1 unspecified atom stereocenters. The molecule has 1 aliphatic heterocycles. The summed E-state index contributed by atoms with van der Waals surface area (Å²) in [6, 6.07) is 11.9. The number of hydrogen-bond acceptors (Lipinski definition) is 4. The fraction of sp³-hybridized carbons (Fsp3) is 0.360. The second-order valence-electron chi connectivity index (χ2n) is 9.18. The van der Waals surface area contributed by atoms with Crippen molar-refractivity contribution in [2.75, 3.05) is 13.1 Å². The molecule has 0 bridgehead atoms. The largest absolute Gasteiger partial charge is 0.417 e. The van der Waals surface area contributed by atoms with E-state index >= 15 is 0 Å². The molecule has 4 heterocycles. The van der Waals surface area contributed by atoms with Crippen LogP contribution in [0.1, 0.15) is 65.0 Å². The fourth-order valence-electron chi connectivity index (χ4n) is 4.86. The van der Waals surface area contributed by atoms with Gasteiger partial charge in [0.1, 0.15) is 5.82 Å². The highest BCUT2D eigenvalue weighted by Crippen LogP contribution is 2.40. The molecule has 1 saturated heterocycles. The van der Waals surface area contributed by atoms with E-state index in [0.29, 0.717) is 36.0 Å². The predicted molar refractivity (Wildman–Crippen MR) is 120 cm³/mol. The minimum absolute atomic E-state index is 0.0741. The van der Waals surface area contributed by atoms with Gasteiger partial charge in [-0.25, -0.2) is 0 Å². The predicted octanol–water partition coefficient (Wildman–Crippen LogP) is 5.19. The van der Waals surface area contributed by atoms with Crippen LogP contribution in [-0.4, -0.2) is 43.5 Å². The summed E-state index contributed by atoms with van der Waals surface area (Å²) in [6.07, 6.45) is 0.235. The number of rotatable bonds is 3. The zero-order chi connectivity index (χ0) is 23.4. The van der Waals surface area contributed by atoms with Crippen LogP contribution in [0, 0.1) is 0 Å². The third kappa shape index (κ3) is 3.69. The van der Waals surface area contributed by atoms with E-state index in [4.69, 9.17) is 4.98 Å². The maximum absolute atomic E-state index is 13.7. The van der Waals surface area contributed by atoms with E-state index in [1.54, 1.807) is 4.90 Å². The van der Waals surface area contributed by atoms with Crippen molar-refractivity contribution in [2.24, 2.45) is 0 Å². The number of nitrogens with zero attached hydrogens (tertiary/aromatic N) is 5. The summed E-state index contributed by atoms with van der Waals surface area (Å²) in [6.45, 7) is 0.973. The molecular weight excluding hydrogens is 443 g/mol. The Bertz CT molecular complexity index is 1410. The summed E-state index contributed by atoms with van der Waals surface area (Å²) in [5, 5.41) is 9.08. The van der Waals surface area contributed by atoms with Crippen LogP contribution >= 0.6 is 0 Å². The van der Waals surface area contributed by atoms with Gasteiger partial charge in [0.05, 0.1) is 16.6 Å². The van der Waals surface area contributed by atoms with E-state index in [0.717, 1.165) is 54.5 Å². The Kier molecular flexibility index (Phi) is 4.82. The number of halogens is 3. The van der Waals surface area contributed by atoms with Crippen molar-refractivity contribution in [2.45, 2.75) is 43.7 Å². The molecule has 34 heavy (non-hydrogen) atoms. The van der Waals surface area contributed by atoms with Crippen LogP contribution in [0.5, 0.6) is 0 Å². The molecule has 0 spiro atoms. The number of likely N-dealkylation sites (tertiary alicyclic amines) is 1. The molecular formula is C25H22F3N5O. The molecule has 1 aliphatic carbocycles. The van der Waals surface area contributed by atoms with E-state index in [-0.39, 0.29) is 11.8 Å². The fourth-order valence-corrected chi connectivity index (χ4v) is 4.86. The van der Waals surface area contributed by atoms with Crippen LogP contribution in [0.3, 0.4) is 0 Å². The number of amides is 1. The third-order valence-electron chi connectivity index (χ3n) is 6.79. The first kappa shape index (κ1) is 21.1. The Hall–Kier alpha value is -3.49. The van der Waals surface area contributed by atoms with Gasteiger partial charge in [0.2, 0.25) is 0 Å². The summed E-state index contributed by atoms with van der Waals surface area (Å²) in [5.74, 6) is 0.592. The van der Waals surface area contributed by atoms with Gasteiger partial charge in [-0.05, 0) is 49.9 Å². The molecule has 3 aromatic heterocycles. The van der Waals surface area contributed by atoms with Crippen molar-refractivity contribution in [1.82, 2.24) is 24.5 Å². The molecule has 0 radical (unpaired) electrons. The van der Waals surface area contributed by atoms with Crippen LogP contribution in [0.25, 0.3) is 16.6 Å². The quantitative estimate of drug-likeness (QED) is 0.418. The second-order valence-corrected chi connectivity index (χ2v) is 9.18. The SMILES string of the molecule is O=C(c1cc(C2CC2)nc2ccccc12)N1CCCC(c2nnc3ccc(C(F)(F)F)cn23)C1. The molecule has 1 amide bonds. The van der Waals surface area contributed by atoms with Crippen LogP contribution in [0.4, 0.5) is 13.2 Å². The highest BCUT2D eigenvalue weighted by atomic mass is 19.4. The number of alkyl halides is 3. The smallest absolute Gasteiger partial charge is 0.338 e. The number of fused-ring (bicyclic) bond motifs is 2. The molecule has 6 nitrogen and oxygen atoms in total. The summed E-state index contributed by atoms with van der Waals surface area (Å²) < 4.78 is 41.2. The second kappa shape index (κ2) is 7.78. The topological polar surface area (TPSA) is 63.4 Å². The van der Waals surface area contributed by atoms with Gasteiger partial charge in [0.25, 0.3) is 5.91 Å². The number of hydrogen-bond donors (Lipinski definition) is 0. The van der Waals surface area contributed by atoms with Gasteiger partial charge in [-0.1, -0.05) is 18.2 Å². The highest BCUT2D eigenvalue weighted by Gasteiger charge is 2.34. The third-order valence-corrected chi connectivity index (χ3v) is 6.79. The molecule has 4 aromatic rings. The minimum atomic E-state index is -4.45. The number of carbonyl (C=O) groups is 1. The van der Waals surface area contributed by atoms with E-state index in [1.165, 1.54) is 10.5 Å². The van der Waals surface area contributed by atoms with Gasteiger partial charge in [0.15, 0.2) is 5.65 Å². The van der Waals surface area contributed by atoms with Gasteiger partial charge in [-0.2, -0.15) is 13.2 Å². The molecule has 0 N–H and O–H groups in total. The van der Waals surface area contributed by atoms with Crippen molar-refractivity contribution < 1.29 is 18.0 Å². The molecule has 174 valence electrons. The average molecular weight is 465 g/mol. The number of para-hydroxylation sites is 1. The summed E-state index contributed by atoms with van der Waals surface area (Å²) in [5.41, 5.74) is 2.02. The van der Waals surface area contributed by atoms with Crippen molar-refractivity contribution in [3.63, 3.8) is 0 Å². The van der Waals surface area contributed by atoms with E-state index in [2.05, 4.69) is 10.2 Å².